The van der Waals surface area contributed by atoms with E-state index in [4.69, 9.17) is 0 Å². The molecule has 32 heavy (non-hydrogen) atoms. The van der Waals surface area contributed by atoms with Crippen molar-refractivity contribution in [3.8, 4) is 11.8 Å². The molecule has 1 atom stereocenters. The van der Waals surface area contributed by atoms with Gasteiger partial charge < -0.3 is 0 Å². The summed E-state index contributed by atoms with van der Waals surface area (Å²) in [6.07, 6.45) is 4.40. The van der Waals surface area contributed by atoms with E-state index in [-0.39, 0.29) is 11.5 Å². The van der Waals surface area contributed by atoms with Crippen molar-refractivity contribution in [3.05, 3.63) is 105 Å². The van der Waals surface area contributed by atoms with Gasteiger partial charge >= 0.3 is 0 Å². The summed E-state index contributed by atoms with van der Waals surface area (Å²) in [6, 6.07) is 13.1. The summed E-state index contributed by atoms with van der Waals surface area (Å²) in [5.41, 5.74) is 3.80. The van der Waals surface area contributed by atoms with Crippen LogP contribution in [0.25, 0.3) is 0 Å². The van der Waals surface area contributed by atoms with Crippen molar-refractivity contribution in [2.45, 2.75) is 51.4 Å². The molecule has 1 aliphatic rings. The molecule has 0 amide bonds. The van der Waals surface area contributed by atoms with Gasteiger partial charge in [-0.1, -0.05) is 49.5 Å². The molecule has 3 aromatic carbocycles. The van der Waals surface area contributed by atoms with Crippen molar-refractivity contribution >= 4 is 0 Å². The summed E-state index contributed by atoms with van der Waals surface area (Å²) in [5, 5.41) is 0. The van der Waals surface area contributed by atoms with E-state index in [1.807, 2.05) is 25.1 Å². The summed E-state index contributed by atoms with van der Waals surface area (Å²) in [5.74, 6) is 2.21. The van der Waals surface area contributed by atoms with Gasteiger partial charge in [-0.15, -0.1) is 0 Å². The molecule has 3 aromatic rings. The van der Waals surface area contributed by atoms with Gasteiger partial charge in [-0.05, 0) is 84.5 Å². The molecule has 164 valence electrons. The average molecular weight is 436 g/mol. The number of rotatable bonds is 4. The third kappa shape index (κ3) is 4.58. The van der Waals surface area contributed by atoms with Crippen LogP contribution in [0.1, 0.15) is 65.5 Å². The second-order valence-electron chi connectivity index (χ2n) is 8.32. The summed E-state index contributed by atoms with van der Waals surface area (Å²) in [7, 11) is 0. The number of unbranched alkanes of at least 4 members (excludes halogenated alkanes) is 1. The molecule has 1 unspecified atom stereocenters. The number of hydrogen-bond acceptors (Lipinski definition) is 0. The molecule has 0 aromatic heterocycles. The molecule has 0 bridgehead atoms. The van der Waals surface area contributed by atoms with Crippen LogP contribution in [0.2, 0.25) is 0 Å². The Balaban J connectivity index is 1.53. The van der Waals surface area contributed by atoms with Crippen LogP contribution in [-0.2, 0) is 19.3 Å². The maximum absolute atomic E-state index is 14.8. The topological polar surface area (TPSA) is 0 Å². The summed E-state index contributed by atoms with van der Waals surface area (Å²) < 4.78 is 56.5. The lowest BCUT2D eigenvalue weighted by atomic mass is 9.79. The van der Waals surface area contributed by atoms with Crippen LogP contribution in [-0.4, -0.2) is 0 Å². The molecule has 0 spiro atoms. The van der Waals surface area contributed by atoms with Crippen molar-refractivity contribution in [3.63, 3.8) is 0 Å². The zero-order valence-corrected chi connectivity index (χ0v) is 18.0. The molecule has 0 radical (unpaired) electrons. The van der Waals surface area contributed by atoms with E-state index in [0.29, 0.717) is 36.0 Å². The number of hydrogen-bond donors (Lipinski definition) is 0. The number of fused-ring (bicyclic) bond motifs is 1. The van der Waals surface area contributed by atoms with E-state index in [9.17, 15) is 17.6 Å². The first-order chi connectivity index (χ1) is 15.5. The lowest BCUT2D eigenvalue weighted by Gasteiger charge is -2.26. The van der Waals surface area contributed by atoms with Gasteiger partial charge in [-0.2, -0.15) is 0 Å². The molecule has 4 heteroatoms. The Labute approximate surface area is 186 Å². The van der Waals surface area contributed by atoms with E-state index in [2.05, 4.69) is 11.8 Å². The summed E-state index contributed by atoms with van der Waals surface area (Å²) in [4.78, 5) is 0. The Hall–Kier alpha value is -3.06. The highest BCUT2D eigenvalue weighted by Gasteiger charge is 2.25. The van der Waals surface area contributed by atoms with Crippen LogP contribution in [0, 0.1) is 35.1 Å². The molecular formula is C28H24F4. The van der Waals surface area contributed by atoms with Crippen molar-refractivity contribution in [2.75, 3.05) is 0 Å². The van der Waals surface area contributed by atoms with Gasteiger partial charge in [0.2, 0.25) is 0 Å². The SMILES string of the molecule is CCCCc1ccc(C2CCc3cc(C#Cc4cccc(F)c4F)ccc3C2)c(F)c1F. The predicted octanol–water partition coefficient (Wildman–Crippen LogP) is 7.26. The summed E-state index contributed by atoms with van der Waals surface area (Å²) >= 11 is 0. The van der Waals surface area contributed by atoms with Crippen molar-refractivity contribution in [1.82, 2.24) is 0 Å². The molecule has 1 aliphatic carbocycles. The van der Waals surface area contributed by atoms with E-state index in [1.54, 1.807) is 12.1 Å². The fraction of sp³-hybridized carbons (Fsp3) is 0.286. The van der Waals surface area contributed by atoms with Crippen LogP contribution in [0.3, 0.4) is 0 Å². The molecule has 0 heterocycles. The number of benzene rings is 3. The van der Waals surface area contributed by atoms with Crippen molar-refractivity contribution in [2.24, 2.45) is 0 Å². The first-order valence-electron chi connectivity index (χ1n) is 11.0. The zero-order valence-electron chi connectivity index (χ0n) is 18.0. The highest BCUT2D eigenvalue weighted by Crippen LogP contribution is 2.35. The maximum Gasteiger partial charge on any atom is 0.174 e. The Bertz CT molecular complexity index is 1200. The first kappa shape index (κ1) is 22.1. The maximum atomic E-state index is 14.8. The average Bonchev–Trinajstić information content (AvgIpc) is 2.80. The highest BCUT2D eigenvalue weighted by atomic mass is 19.2. The van der Waals surface area contributed by atoms with Crippen molar-refractivity contribution < 1.29 is 17.6 Å². The molecule has 0 nitrogen and oxygen atoms in total. The van der Waals surface area contributed by atoms with Crippen LogP contribution in [0.4, 0.5) is 17.6 Å². The third-order valence-corrected chi connectivity index (χ3v) is 6.16. The van der Waals surface area contributed by atoms with Gasteiger partial charge in [0.25, 0.3) is 0 Å². The van der Waals surface area contributed by atoms with E-state index in [1.165, 1.54) is 12.1 Å². The minimum absolute atomic E-state index is 0.0164. The van der Waals surface area contributed by atoms with E-state index < -0.39 is 23.3 Å². The fourth-order valence-electron chi connectivity index (χ4n) is 4.32. The van der Waals surface area contributed by atoms with Crippen LogP contribution < -0.4 is 0 Å². The Morgan fingerprint density at radius 2 is 1.72 bits per heavy atom. The van der Waals surface area contributed by atoms with Gasteiger partial charge in [-0.3, -0.25) is 0 Å². The Kier molecular flexibility index (Phi) is 6.65. The summed E-state index contributed by atoms with van der Waals surface area (Å²) in [6.45, 7) is 2.03. The molecular weight excluding hydrogens is 412 g/mol. The van der Waals surface area contributed by atoms with E-state index in [0.717, 1.165) is 36.5 Å². The van der Waals surface area contributed by atoms with Gasteiger partial charge in [0, 0.05) is 5.56 Å². The fourth-order valence-corrected chi connectivity index (χ4v) is 4.32. The third-order valence-electron chi connectivity index (χ3n) is 6.16. The van der Waals surface area contributed by atoms with Gasteiger partial charge in [0.05, 0.1) is 5.56 Å². The van der Waals surface area contributed by atoms with Crippen LogP contribution in [0.5, 0.6) is 0 Å². The predicted molar refractivity (Wildman–Crippen MR) is 119 cm³/mol. The Morgan fingerprint density at radius 3 is 2.53 bits per heavy atom. The van der Waals surface area contributed by atoms with Gasteiger partial charge in [0.1, 0.15) is 0 Å². The monoisotopic (exact) mass is 436 g/mol. The largest absolute Gasteiger partial charge is 0.204 e. The molecule has 0 saturated carbocycles. The van der Waals surface area contributed by atoms with Gasteiger partial charge in [0.15, 0.2) is 23.3 Å². The zero-order chi connectivity index (χ0) is 22.7. The molecule has 4 rings (SSSR count). The van der Waals surface area contributed by atoms with Gasteiger partial charge in [-0.25, -0.2) is 17.6 Å². The molecule has 0 fully saturated rings. The lowest BCUT2D eigenvalue weighted by Crippen LogP contribution is -2.15. The second-order valence-corrected chi connectivity index (χ2v) is 8.32. The minimum atomic E-state index is -0.948. The number of halogens is 4. The minimum Gasteiger partial charge on any atom is -0.204 e. The normalized spacial score (nSPS) is 15.1. The first-order valence-corrected chi connectivity index (χ1v) is 11.0. The van der Waals surface area contributed by atoms with E-state index >= 15 is 0 Å². The van der Waals surface area contributed by atoms with Crippen LogP contribution in [0.15, 0.2) is 48.5 Å². The Morgan fingerprint density at radius 1 is 0.875 bits per heavy atom. The smallest absolute Gasteiger partial charge is 0.174 e. The quantitative estimate of drug-likeness (QED) is 0.298. The number of aryl methyl sites for hydroxylation is 2. The standard InChI is InChI=1S/C28H24F4/c1-2-3-5-20-14-15-24(28(32)27(20)31)23-13-12-21-16-18(9-11-22(21)17-23)8-10-19-6-4-7-25(29)26(19)30/h4,6-7,9,11,14-16,23H,2-3,5,12-13,17H2,1H3. The molecule has 0 N–H and O–H groups in total. The highest BCUT2D eigenvalue weighted by molar-refractivity contribution is 5.47. The molecule has 0 saturated heterocycles. The second kappa shape index (κ2) is 9.61. The molecule has 0 aliphatic heterocycles. The van der Waals surface area contributed by atoms with Crippen LogP contribution >= 0.6 is 0 Å². The lowest BCUT2D eigenvalue weighted by molar-refractivity contribution is 0.466. The van der Waals surface area contributed by atoms with Crippen molar-refractivity contribution in [1.29, 1.82) is 0 Å².